The van der Waals surface area contributed by atoms with Gasteiger partial charge in [-0.3, -0.25) is 23.1 Å². The molecule has 0 spiro atoms. The Morgan fingerprint density at radius 3 is 1.89 bits per heavy atom. The number of hydrogen-bond acceptors (Lipinski definition) is 8. The van der Waals surface area contributed by atoms with Gasteiger partial charge < -0.3 is 14.5 Å². The number of rotatable bonds is 5. The van der Waals surface area contributed by atoms with E-state index in [2.05, 4.69) is 21.9 Å². The summed E-state index contributed by atoms with van der Waals surface area (Å²) >= 11 is 0. The highest BCUT2D eigenvalue weighted by Gasteiger charge is 2.28. The third-order valence-electron chi connectivity index (χ3n) is 9.41. The summed E-state index contributed by atoms with van der Waals surface area (Å²) in [6.07, 6.45) is 1.24. The van der Waals surface area contributed by atoms with Crippen molar-refractivity contribution in [2.75, 3.05) is 49.2 Å². The fourth-order valence-corrected chi connectivity index (χ4v) is 7.04. The summed E-state index contributed by atoms with van der Waals surface area (Å²) in [5.41, 5.74) is 2.86. The average molecular weight is 599 g/mol. The predicted molar refractivity (Wildman–Crippen MR) is 172 cm³/mol. The van der Waals surface area contributed by atoms with E-state index in [1.165, 1.54) is 4.57 Å². The fourth-order valence-electron chi connectivity index (χ4n) is 7.04. The molecule has 2 aromatic carbocycles. The Labute approximate surface area is 253 Å². The zero-order chi connectivity index (χ0) is 30.7. The van der Waals surface area contributed by atoms with Gasteiger partial charge in [0, 0.05) is 63.1 Å². The third kappa shape index (κ3) is 4.34. The normalized spacial score (nSPS) is 16.5. The van der Waals surface area contributed by atoms with Crippen molar-refractivity contribution in [3.8, 4) is 0 Å². The Kier molecular flexibility index (Phi) is 7.03. The topological polar surface area (TPSA) is 112 Å². The summed E-state index contributed by atoms with van der Waals surface area (Å²) < 4.78 is 12.2. The molecule has 12 heteroatoms. The second kappa shape index (κ2) is 10.9. The molecule has 44 heavy (non-hydrogen) atoms. The average Bonchev–Trinajstić information content (AvgIpc) is 3.32. The van der Waals surface area contributed by atoms with E-state index >= 15 is 0 Å². The van der Waals surface area contributed by atoms with Crippen LogP contribution < -0.4 is 26.7 Å². The molecular formula is C32H38N8O4. The van der Waals surface area contributed by atoms with Crippen molar-refractivity contribution in [1.29, 1.82) is 0 Å². The maximum Gasteiger partial charge on any atom is 0.331 e. The van der Waals surface area contributed by atoms with Crippen molar-refractivity contribution in [1.82, 2.24) is 28.5 Å². The number of hydrogen-bond donors (Lipinski definition) is 0. The van der Waals surface area contributed by atoms with Crippen molar-refractivity contribution in [2.45, 2.75) is 52.7 Å². The van der Waals surface area contributed by atoms with Gasteiger partial charge in [0.25, 0.3) is 5.56 Å². The van der Waals surface area contributed by atoms with E-state index in [1.54, 1.807) is 11.6 Å². The molecule has 2 saturated heterocycles. The molecule has 5 heterocycles. The largest absolute Gasteiger partial charge is 0.378 e. The van der Waals surface area contributed by atoms with Gasteiger partial charge in [-0.15, -0.1) is 10.2 Å². The van der Waals surface area contributed by atoms with Crippen LogP contribution in [0, 0.1) is 6.92 Å². The first-order valence-electron chi connectivity index (χ1n) is 15.5. The van der Waals surface area contributed by atoms with Crippen molar-refractivity contribution >= 4 is 44.3 Å². The van der Waals surface area contributed by atoms with Crippen LogP contribution in [0.3, 0.4) is 0 Å². The molecule has 0 unspecified atom stereocenters. The Morgan fingerprint density at radius 1 is 0.750 bits per heavy atom. The van der Waals surface area contributed by atoms with Gasteiger partial charge in [-0.1, -0.05) is 11.6 Å². The number of ether oxygens (including phenoxy) is 1. The summed E-state index contributed by atoms with van der Waals surface area (Å²) in [5.74, 6) is 1.55. The van der Waals surface area contributed by atoms with Gasteiger partial charge in [0.2, 0.25) is 0 Å². The molecule has 230 valence electrons. The highest BCUT2D eigenvalue weighted by Crippen LogP contribution is 2.36. The van der Waals surface area contributed by atoms with Crippen molar-refractivity contribution in [3.63, 3.8) is 0 Å². The lowest BCUT2D eigenvalue weighted by molar-refractivity contribution is 0.122. The first kappa shape index (κ1) is 28.3. The van der Waals surface area contributed by atoms with Gasteiger partial charge in [0.1, 0.15) is 0 Å². The molecule has 0 radical (unpaired) electrons. The summed E-state index contributed by atoms with van der Waals surface area (Å²) in [6, 6.07) is 9.60. The highest BCUT2D eigenvalue weighted by atomic mass is 16.5. The van der Waals surface area contributed by atoms with Crippen LogP contribution >= 0.6 is 0 Å². The number of morpholine rings is 1. The van der Waals surface area contributed by atoms with Crippen LogP contribution in [-0.4, -0.2) is 67.9 Å². The van der Waals surface area contributed by atoms with Crippen LogP contribution in [-0.2, 0) is 24.9 Å². The smallest absolute Gasteiger partial charge is 0.331 e. The maximum absolute atomic E-state index is 13.6. The molecule has 5 aromatic rings. The number of nitrogens with zero attached hydrogens (tertiary/aromatic N) is 8. The van der Waals surface area contributed by atoms with Gasteiger partial charge in [-0.25, -0.2) is 9.59 Å². The molecule has 2 aliphatic rings. The van der Waals surface area contributed by atoms with E-state index in [9.17, 15) is 14.4 Å². The van der Waals surface area contributed by atoms with Crippen molar-refractivity contribution in [3.05, 3.63) is 67.2 Å². The van der Waals surface area contributed by atoms with E-state index < -0.39 is 0 Å². The molecule has 0 aliphatic carbocycles. The first-order valence-corrected chi connectivity index (χ1v) is 15.5. The number of anilines is 2. The zero-order valence-corrected chi connectivity index (χ0v) is 25.7. The summed E-state index contributed by atoms with van der Waals surface area (Å²) in [5, 5.41) is 12.0. The Morgan fingerprint density at radius 2 is 1.32 bits per heavy atom. The van der Waals surface area contributed by atoms with Crippen LogP contribution in [0.15, 0.2) is 44.7 Å². The molecule has 2 fully saturated rings. The van der Waals surface area contributed by atoms with E-state index in [0.717, 1.165) is 52.1 Å². The minimum Gasteiger partial charge on any atom is -0.378 e. The van der Waals surface area contributed by atoms with Crippen LogP contribution in [0.5, 0.6) is 0 Å². The van der Waals surface area contributed by atoms with Gasteiger partial charge in [0.15, 0.2) is 11.6 Å². The van der Waals surface area contributed by atoms with Gasteiger partial charge in [0.05, 0.1) is 35.2 Å². The van der Waals surface area contributed by atoms with Crippen LogP contribution in [0.4, 0.5) is 11.6 Å². The number of benzene rings is 2. The molecule has 3 aromatic heterocycles. The fraction of sp³-hybridized carbons (Fsp3) is 0.469. The van der Waals surface area contributed by atoms with Crippen LogP contribution in [0.25, 0.3) is 32.7 Å². The SMILES string of the molecule is CCn1c(=O)n(CC)c2cc3c(N4CCC(n5c(=O)c6cc(C)ccc6n(C)c5=O)CC4)nnc(N4CCOCC4)c3cc21. The van der Waals surface area contributed by atoms with Gasteiger partial charge >= 0.3 is 11.4 Å². The number of imidazole rings is 1. The summed E-state index contributed by atoms with van der Waals surface area (Å²) in [6.45, 7) is 11.0. The molecular weight excluding hydrogens is 560 g/mol. The summed E-state index contributed by atoms with van der Waals surface area (Å²) in [7, 11) is 1.73. The molecule has 0 saturated carbocycles. The van der Waals surface area contributed by atoms with Gasteiger partial charge in [-0.2, -0.15) is 0 Å². The summed E-state index contributed by atoms with van der Waals surface area (Å²) in [4.78, 5) is 44.6. The van der Waals surface area contributed by atoms with Gasteiger partial charge in [-0.05, 0) is 57.9 Å². The second-order valence-corrected chi connectivity index (χ2v) is 11.9. The Bertz CT molecular complexity index is 2090. The van der Waals surface area contributed by atoms with Crippen molar-refractivity contribution in [2.24, 2.45) is 7.05 Å². The van der Waals surface area contributed by atoms with E-state index in [1.807, 2.05) is 48.1 Å². The van der Waals surface area contributed by atoms with Crippen molar-refractivity contribution < 1.29 is 4.74 Å². The van der Waals surface area contributed by atoms with Crippen LogP contribution in [0.1, 0.15) is 38.3 Å². The van der Waals surface area contributed by atoms with E-state index in [0.29, 0.717) is 63.1 Å². The number of aryl methyl sites for hydroxylation is 4. The molecule has 0 amide bonds. The molecule has 0 N–H and O–H groups in total. The van der Waals surface area contributed by atoms with Crippen LogP contribution in [0.2, 0.25) is 0 Å². The number of piperidine rings is 1. The maximum atomic E-state index is 13.6. The Balaban J connectivity index is 1.30. The molecule has 0 atom stereocenters. The molecule has 12 nitrogen and oxygen atoms in total. The number of aromatic nitrogens is 6. The minimum absolute atomic E-state index is 0.0193. The zero-order valence-electron chi connectivity index (χ0n) is 25.7. The minimum atomic E-state index is -0.287. The van der Waals surface area contributed by atoms with E-state index in [-0.39, 0.29) is 23.0 Å². The number of fused-ring (bicyclic) bond motifs is 3. The molecule has 7 rings (SSSR count). The monoisotopic (exact) mass is 598 g/mol. The standard InChI is InChI=1S/C32H38N8O4/c1-5-38-26-18-22-23(19-27(26)39(6-2)32(38)43)29(37-13-15-44-16-14-37)34-33-28(22)36-11-9-21(10-12-36)40-30(41)24-17-20(3)7-8-25(24)35(4)31(40)42/h7-8,17-19,21H,5-6,9-16H2,1-4H3. The molecule has 0 bridgehead atoms. The Hall–Kier alpha value is -4.45. The lowest BCUT2D eigenvalue weighted by Crippen LogP contribution is -2.45. The second-order valence-electron chi connectivity index (χ2n) is 11.9. The predicted octanol–water partition coefficient (Wildman–Crippen LogP) is 2.79. The molecule has 2 aliphatic heterocycles. The quantitative estimate of drug-likeness (QED) is 0.304. The van der Waals surface area contributed by atoms with E-state index in [4.69, 9.17) is 14.9 Å². The lowest BCUT2D eigenvalue weighted by Gasteiger charge is -2.34. The third-order valence-corrected chi connectivity index (χ3v) is 9.41. The first-order chi connectivity index (χ1) is 21.3. The lowest BCUT2D eigenvalue weighted by atomic mass is 10.0. The highest BCUT2D eigenvalue weighted by molar-refractivity contribution is 6.05.